The van der Waals surface area contributed by atoms with Gasteiger partial charge in [0, 0.05) is 19.6 Å². The molecule has 0 aromatic carbocycles. The molecule has 0 aromatic heterocycles. The molecular formula is C16H34O3. The SMILES string of the molecule is CCCCCCCCCC=O.CCOC(C)OCC. The highest BCUT2D eigenvalue weighted by molar-refractivity contribution is 5.48. The number of rotatable bonds is 12. The van der Waals surface area contributed by atoms with Crippen LogP contribution in [0.15, 0.2) is 0 Å². The second-order valence-corrected chi connectivity index (χ2v) is 4.55. The van der Waals surface area contributed by atoms with Gasteiger partial charge in [0.25, 0.3) is 0 Å². The molecule has 3 nitrogen and oxygen atoms in total. The zero-order chi connectivity index (χ0) is 14.8. The van der Waals surface area contributed by atoms with Gasteiger partial charge in [-0.3, -0.25) is 0 Å². The molecule has 0 aromatic rings. The topological polar surface area (TPSA) is 35.5 Å². The summed E-state index contributed by atoms with van der Waals surface area (Å²) in [5.41, 5.74) is 0. The Bertz CT molecular complexity index is 154. The Morgan fingerprint density at radius 3 is 1.74 bits per heavy atom. The Labute approximate surface area is 120 Å². The lowest BCUT2D eigenvalue weighted by molar-refractivity contribution is -0.123. The van der Waals surface area contributed by atoms with Crippen LogP contribution in [-0.4, -0.2) is 25.8 Å². The fraction of sp³-hybridized carbons (Fsp3) is 0.938. The predicted octanol–water partition coefficient (Wildman–Crippen LogP) is 4.73. The zero-order valence-corrected chi connectivity index (χ0v) is 13.5. The van der Waals surface area contributed by atoms with E-state index in [1.807, 2.05) is 20.8 Å². The van der Waals surface area contributed by atoms with Crippen molar-refractivity contribution in [2.45, 2.75) is 85.4 Å². The van der Waals surface area contributed by atoms with Gasteiger partial charge in [-0.15, -0.1) is 0 Å². The van der Waals surface area contributed by atoms with E-state index in [4.69, 9.17) is 9.47 Å². The first-order chi connectivity index (χ1) is 9.22. The molecule has 0 saturated heterocycles. The minimum atomic E-state index is -0.0370. The second kappa shape index (κ2) is 19.9. The summed E-state index contributed by atoms with van der Waals surface area (Å²) in [6.45, 7) is 9.48. The van der Waals surface area contributed by atoms with Crippen LogP contribution < -0.4 is 0 Å². The quantitative estimate of drug-likeness (QED) is 0.293. The highest BCUT2D eigenvalue weighted by Crippen LogP contribution is 2.07. The lowest BCUT2D eigenvalue weighted by Crippen LogP contribution is -2.11. The van der Waals surface area contributed by atoms with Crippen LogP contribution >= 0.6 is 0 Å². The van der Waals surface area contributed by atoms with Crippen LogP contribution in [0.1, 0.15) is 79.1 Å². The van der Waals surface area contributed by atoms with Crippen molar-refractivity contribution in [2.24, 2.45) is 0 Å². The number of carbonyl (C=O) groups excluding carboxylic acids is 1. The van der Waals surface area contributed by atoms with Crippen LogP contribution in [0.3, 0.4) is 0 Å². The maximum atomic E-state index is 9.94. The number of carbonyl (C=O) groups is 1. The number of ether oxygens (including phenoxy) is 2. The van der Waals surface area contributed by atoms with Gasteiger partial charge in [0.15, 0.2) is 6.29 Å². The van der Waals surface area contributed by atoms with Crippen LogP contribution in [-0.2, 0) is 14.3 Å². The first-order valence-electron chi connectivity index (χ1n) is 7.89. The third-order valence-corrected chi connectivity index (χ3v) is 2.73. The molecule has 0 fully saturated rings. The van der Waals surface area contributed by atoms with E-state index >= 15 is 0 Å². The van der Waals surface area contributed by atoms with Gasteiger partial charge in [0.05, 0.1) is 0 Å². The lowest BCUT2D eigenvalue weighted by atomic mass is 10.1. The molecule has 0 amide bonds. The van der Waals surface area contributed by atoms with Crippen molar-refractivity contribution in [1.29, 1.82) is 0 Å². The Balaban J connectivity index is 0. The van der Waals surface area contributed by atoms with Crippen LogP contribution in [0, 0.1) is 0 Å². The fourth-order valence-corrected chi connectivity index (χ4v) is 1.70. The predicted molar refractivity (Wildman–Crippen MR) is 81.4 cm³/mol. The molecule has 0 atom stereocenters. The van der Waals surface area contributed by atoms with Gasteiger partial charge in [-0.05, 0) is 27.2 Å². The molecular weight excluding hydrogens is 240 g/mol. The highest BCUT2D eigenvalue weighted by atomic mass is 16.7. The fourth-order valence-electron chi connectivity index (χ4n) is 1.70. The molecule has 0 spiro atoms. The normalized spacial score (nSPS) is 10.2. The molecule has 0 radical (unpaired) electrons. The van der Waals surface area contributed by atoms with E-state index in [0.717, 1.165) is 32.3 Å². The molecule has 0 aliphatic carbocycles. The number of hydrogen-bond donors (Lipinski definition) is 0. The van der Waals surface area contributed by atoms with Gasteiger partial charge in [0.2, 0.25) is 0 Å². The number of aldehydes is 1. The molecule has 0 rings (SSSR count). The highest BCUT2D eigenvalue weighted by Gasteiger charge is 1.94. The number of unbranched alkanes of at least 4 members (excludes halogenated alkanes) is 7. The van der Waals surface area contributed by atoms with Crippen LogP contribution in [0.2, 0.25) is 0 Å². The van der Waals surface area contributed by atoms with E-state index in [9.17, 15) is 4.79 Å². The lowest BCUT2D eigenvalue weighted by Gasteiger charge is -2.09. The Morgan fingerprint density at radius 2 is 1.32 bits per heavy atom. The van der Waals surface area contributed by atoms with E-state index in [1.54, 1.807) is 0 Å². The van der Waals surface area contributed by atoms with Crippen molar-refractivity contribution >= 4 is 6.29 Å². The molecule has 3 heteroatoms. The summed E-state index contributed by atoms with van der Waals surface area (Å²) >= 11 is 0. The van der Waals surface area contributed by atoms with E-state index in [1.165, 1.54) is 38.5 Å². The zero-order valence-electron chi connectivity index (χ0n) is 13.5. The first-order valence-corrected chi connectivity index (χ1v) is 7.89. The molecule has 0 bridgehead atoms. The average molecular weight is 274 g/mol. The molecule has 0 heterocycles. The summed E-state index contributed by atoms with van der Waals surface area (Å²) in [7, 11) is 0. The average Bonchev–Trinajstić information content (AvgIpc) is 2.39. The summed E-state index contributed by atoms with van der Waals surface area (Å²) in [6, 6.07) is 0. The van der Waals surface area contributed by atoms with Crippen LogP contribution in [0.4, 0.5) is 0 Å². The van der Waals surface area contributed by atoms with E-state index in [2.05, 4.69) is 6.92 Å². The van der Waals surface area contributed by atoms with Crippen molar-refractivity contribution < 1.29 is 14.3 Å². The molecule has 0 aliphatic heterocycles. The van der Waals surface area contributed by atoms with Crippen molar-refractivity contribution in [3.8, 4) is 0 Å². The monoisotopic (exact) mass is 274 g/mol. The van der Waals surface area contributed by atoms with Gasteiger partial charge in [-0.25, -0.2) is 0 Å². The molecule has 116 valence electrons. The number of hydrogen-bond acceptors (Lipinski definition) is 3. The van der Waals surface area contributed by atoms with Gasteiger partial charge in [-0.1, -0.05) is 45.4 Å². The van der Waals surface area contributed by atoms with Gasteiger partial charge < -0.3 is 14.3 Å². The minimum Gasteiger partial charge on any atom is -0.353 e. The van der Waals surface area contributed by atoms with Crippen molar-refractivity contribution in [1.82, 2.24) is 0 Å². The van der Waals surface area contributed by atoms with Gasteiger partial charge in [0.1, 0.15) is 6.29 Å². The van der Waals surface area contributed by atoms with Crippen LogP contribution in [0.25, 0.3) is 0 Å². The van der Waals surface area contributed by atoms with Gasteiger partial charge in [-0.2, -0.15) is 0 Å². The van der Waals surface area contributed by atoms with Crippen molar-refractivity contribution in [2.75, 3.05) is 13.2 Å². The van der Waals surface area contributed by atoms with Crippen molar-refractivity contribution in [3.05, 3.63) is 0 Å². The third kappa shape index (κ3) is 23.1. The largest absolute Gasteiger partial charge is 0.353 e. The third-order valence-electron chi connectivity index (χ3n) is 2.73. The van der Waals surface area contributed by atoms with E-state index in [-0.39, 0.29) is 6.29 Å². The van der Waals surface area contributed by atoms with Gasteiger partial charge >= 0.3 is 0 Å². The van der Waals surface area contributed by atoms with Crippen LogP contribution in [0.5, 0.6) is 0 Å². The molecule has 19 heavy (non-hydrogen) atoms. The maximum absolute atomic E-state index is 9.94. The molecule has 0 unspecified atom stereocenters. The Hall–Kier alpha value is -0.410. The summed E-state index contributed by atoms with van der Waals surface area (Å²) in [6.07, 6.45) is 10.8. The standard InChI is InChI=1S/C10H20O.C6H14O2/c1-2-3-4-5-6-7-8-9-10-11;1-4-7-6(3)8-5-2/h10H,2-9H2,1H3;6H,4-5H2,1-3H3. The van der Waals surface area contributed by atoms with E-state index in [0.29, 0.717) is 0 Å². The van der Waals surface area contributed by atoms with Crippen molar-refractivity contribution in [3.63, 3.8) is 0 Å². The molecule has 0 saturated carbocycles. The first kappa shape index (κ1) is 20.9. The summed E-state index contributed by atoms with van der Waals surface area (Å²) in [4.78, 5) is 9.94. The second-order valence-electron chi connectivity index (χ2n) is 4.55. The summed E-state index contributed by atoms with van der Waals surface area (Å²) in [5, 5.41) is 0. The summed E-state index contributed by atoms with van der Waals surface area (Å²) < 4.78 is 10.1. The Morgan fingerprint density at radius 1 is 0.842 bits per heavy atom. The Kier molecular flexibility index (Phi) is 21.9. The summed E-state index contributed by atoms with van der Waals surface area (Å²) in [5.74, 6) is 0. The smallest absolute Gasteiger partial charge is 0.154 e. The minimum absolute atomic E-state index is 0.0370. The van der Waals surface area contributed by atoms with E-state index < -0.39 is 0 Å². The molecule has 0 aliphatic rings. The molecule has 0 N–H and O–H groups in total. The maximum Gasteiger partial charge on any atom is 0.154 e.